The van der Waals surface area contributed by atoms with E-state index in [1.54, 1.807) is 11.3 Å². The number of thiazole rings is 1. The van der Waals surface area contributed by atoms with E-state index in [4.69, 9.17) is 0 Å². The fourth-order valence-corrected chi connectivity index (χ4v) is 1.71. The minimum atomic E-state index is 0.571. The third-order valence-electron chi connectivity index (χ3n) is 2.43. The topological polar surface area (TPSA) is 24.9 Å². The summed E-state index contributed by atoms with van der Waals surface area (Å²) in [6.07, 6.45) is 0. The Hall–Kier alpha value is -0.410. The maximum absolute atomic E-state index is 4.22. The summed E-state index contributed by atoms with van der Waals surface area (Å²) in [5.74, 6) is 0.688. The molecule has 0 amide bonds. The predicted molar refractivity (Wildman–Crippen MR) is 58.0 cm³/mol. The van der Waals surface area contributed by atoms with E-state index in [9.17, 15) is 0 Å². The second-order valence-electron chi connectivity index (χ2n) is 3.77. The van der Waals surface area contributed by atoms with Gasteiger partial charge in [-0.3, -0.25) is 0 Å². The lowest BCUT2D eigenvalue weighted by Crippen LogP contribution is -2.30. The van der Waals surface area contributed by atoms with Crippen LogP contribution < -0.4 is 5.32 Å². The third-order valence-corrected chi connectivity index (χ3v) is 3.36. The first-order chi connectivity index (χ1) is 6.11. The monoisotopic (exact) mass is 198 g/mol. The molecule has 3 heteroatoms. The van der Waals surface area contributed by atoms with Crippen LogP contribution in [0.2, 0.25) is 0 Å². The van der Waals surface area contributed by atoms with Crippen molar-refractivity contribution >= 4 is 11.3 Å². The van der Waals surface area contributed by atoms with Crippen molar-refractivity contribution in [2.75, 3.05) is 0 Å². The van der Waals surface area contributed by atoms with Gasteiger partial charge in [-0.2, -0.15) is 0 Å². The van der Waals surface area contributed by atoms with E-state index in [-0.39, 0.29) is 0 Å². The zero-order chi connectivity index (χ0) is 9.84. The molecule has 1 aromatic rings. The molecule has 0 aliphatic heterocycles. The molecule has 13 heavy (non-hydrogen) atoms. The standard InChI is InChI=1S/C10H18N2S/c1-7(2)8(3)11-5-10-9(4)12-6-13-10/h6-8,11H,5H2,1-4H3/t8-/m0/s1. The lowest BCUT2D eigenvalue weighted by atomic mass is 10.1. The van der Waals surface area contributed by atoms with Gasteiger partial charge in [-0.1, -0.05) is 13.8 Å². The summed E-state index contributed by atoms with van der Waals surface area (Å²) in [7, 11) is 0. The van der Waals surface area contributed by atoms with Crippen molar-refractivity contribution in [1.82, 2.24) is 10.3 Å². The lowest BCUT2D eigenvalue weighted by molar-refractivity contribution is 0.427. The first kappa shape index (κ1) is 10.7. The first-order valence-corrected chi connectivity index (χ1v) is 5.61. The van der Waals surface area contributed by atoms with Gasteiger partial charge in [0.2, 0.25) is 0 Å². The van der Waals surface area contributed by atoms with Gasteiger partial charge in [-0.25, -0.2) is 4.98 Å². The number of nitrogens with one attached hydrogen (secondary N) is 1. The number of aromatic nitrogens is 1. The molecule has 0 aromatic carbocycles. The molecule has 0 saturated carbocycles. The molecule has 0 radical (unpaired) electrons. The normalized spacial score (nSPS) is 13.6. The van der Waals surface area contributed by atoms with E-state index >= 15 is 0 Å². The lowest BCUT2D eigenvalue weighted by Gasteiger charge is -2.16. The van der Waals surface area contributed by atoms with E-state index in [0.29, 0.717) is 12.0 Å². The molecule has 1 N–H and O–H groups in total. The van der Waals surface area contributed by atoms with E-state index < -0.39 is 0 Å². The minimum Gasteiger partial charge on any atom is -0.309 e. The molecule has 0 spiro atoms. The summed E-state index contributed by atoms with van der Waals surface area (Å²) in [6, 6.07) is 0.571. The molecular weight excluding hydrogens is 180 g/mol. The van der Waals surface area contributed by atoms with Crippen LogP contribution in [0, 0.1) is 12.8 Å². The molecular formula is C10H18N2S. The Labute approximate surface area is 84.4 Å². The van der Waals surface area contributed by atoms with Crippen molar-refractivity contribution in [2.45, 2.75) is 40.3 Å². The fraction of sp³-hybridized carbons (Fsp3) is 0.700. The Balaban J connectivity index is 2.39. The summed E-state index contributed by atoms with van der Waals surface area (Å²) >= 11 is 1.73. The molecule has 0 saturated heterocycles. The van der Waals surface area contributed by atoms with Gasteiger partial charge in [0.05, 0.1) is 11.2 Å². The average Bonchev–Trinajstić information content (AvgIpc) is 2.47. The molecule has 74 valence electrons. The summed E-state index contributed by atoms with van der Waals surface area (Å²) in [5.41, 5.74) is 3.07. The predicted octanol–water partition coefficient (Wildman–Crippen LogP) is 2.59. The molecule has 0 aliphatic carbocycles. The maximum atomic E-state index is 4.22. The molecule has 1 rings (SSSR count). The molecule has 0 unspecified atom stereocenters. The van der Waals surface area contributed by atoms with E-state index in [0.717, 1.165) is 12.2 Å². The van der Waals surface area contributed by atoms with Crippen LogP contribution in [0.3, 0.4) is 0 Å². The van der Waals surface area contributed by atoms with Crippen molar-refractivity contribution in [2.24, 2.45) is 5.92 Å². The van der Waals surface area contributed by atoms with Gasteiger partial charge in [0.25, 0.3) is 0 Å². The highest BCUT2D eigenvalue weighted by atomic mass is 32.1. The number of aryl methyl sites for hydroxylation is 1. The van der Waals surface area contributed by atoms with E-state index in [2.05, 4.69) is 38.0 Å². The van der Waals surface area contributed by atoms with Crippen molar-refractivity contribution in [3.05, 3.63) is 16.1 Å². The van der Waals surface area contributed by atoms with Gasteiger partial charge in [0, 0.05) is 17.5 Å². The van der Waals surface area contributed by atoms with Crippen molar-refractivity contribution < 1.29 is 0 Å². The Morgan fingerprint density at radius 2 is 2.15 bits per heavy atom. The largest absolute Gasteiger partial charge is 0.309 e. The number of rotatable bonds is 4. The summed E-state index contributed by atoms with van der Waals surface area (Å²) in [4.78, 5) is 5.57. The molecule has 1 aromatic heterocycles. The van der Waals surface area contributed by atoms with E-state index in [1.807, 2.05) is 5.51 Å². The highest BCUT2D eigenvalue weighted by molar-refractivity contribution is 7.09. The van der Waals surface area contributed by atoms with Crippen molar-refractivity contribution in [3.8, 4) is 0 Å². The molecule has 0 fully saturated rings. The van der Waals surface area contributed by atoms with Crippen LogP contribution in [0.15, 0.2) is 5.51 Å². The smallest absolute Gasteiger partial charge is 0.0798 e. The zero-order valence-electron chi connectivity index (χ0n) is 8.79. The Morgan fingerprint density at radius 1 is 1.46 bits per heavy atom. The van der Waals surface area contributed by atoms with Crippen LogP contribution in [0.4, 0.5) is 0 Å². The van der Waals surface area contributed by atoms with Crippen LogP contribution in [0.5, 0.6) is 0 Å². The number of hydrogen-bond donors (Lipinski definition) is 1. The molecule has 1 atom stereocenters. The molecule has 1 heterocycles. The van der Waals surface area contributed by atoms with Gasteiger partial charge in [-0.05, 0) is 19.8 Å². The molecule has 0 aliphatic rings. The zero-order valence-corrected chi connectivity index (χ0v) is 9.61. The van der Waals surface area contributed by atoms with Gasteiger partial charge in [0.1, 0.15) is 0 Å². The first-order valence-electron chi connectivity index (χ1n) is 4.73. The second-order valence-corrected chi connectivity index (χ2v) is 4.71. The van der Waals surface area contributed by atoms with Crippen LogP contribution in [0.1, 0.15) is 31.3 Å². The highest BCUT2D eigenvalue weighted by Crippen LogP contribution is 2.12. The maximum Gasteiger partial charge on any atom is 0.0798 e. The van der Waals surface area contributed by atoms with Crippen molar-refractivity contribution in [1.29, 1.82) is 0 Å². The van der Waals surface area contributed by atoms with Gasteiger partial charge < -0.3 is 5.32 Å². The quantitative estimate of drug-likeness (QED) is 0.804. The Bertz CT molecular complexity index is 255. The summed E-state index contributed by atoms with van der Waals surface area (Å²) in [5, 5.41) is 3.50. The fourth-order valence-electron chi connectivity index (χ4n) is 0.985. The van der Waals surface area contributed by atoms with Crippen molar-refractivity contribution in [3.63, 3.8) is 0 Å². The molecule has 2 nitrogen and oxygen atoms in total. The minimum absolute atomic E-state index is 0.571. The van der Waals surface area contributed by atoms with Crippen LogP contribution >= 0.6 is 11.3 Å². The van der Waals surface area contributed by atoms with Gasteiger partial charge in [-0.15, -0.1) is 11.3 Å². The van der Waals surface area contributed by atoms with Crippen LogP contribution in [-0.2, 0) is 6.54 Å². The Kier molecular flexibility index (Phi) is 3.88. The number of hydrogen-bond acceptors (Lipinski definition) is 3. The molecule has 0 bridgehead atoms. The Morgan fingerprint density at radius 3 is 2.62 bits per heavy atom. The summed E-state index contributed by atoms with van der Waals surface area (Å²) in [6.45, 7) is 9.71. The summed E-state index contributed by atoms with van der Waals surface area (Å²) < 4.78 is 0. The average molecular weight is 198 g/mol. The SMILES string of the molecule is Cc1ncsc1CN[C@@H](C)C(C)C. The second kappa shape index (κ2) is 4.72. The number of nitrogens with zero attached hydrogens (tertiary/aromatic N) is 1. The van der Waals surface area contributed by atoms with E-state index in [1.165, 1.54) is 4.88 Å². The van der Waals surface area contributed by atoms with Gasteiger partial charge in [0.15, 0.2) is 0 Å². The van der Waals surface area contributed by atoms with Gasteiger partial charge >= 0.3 is 0 Å². The van der Waals surface area contributed by atoms with Crippen LogP contribution in [-0.4, -0.2) is 11.0 Å². The third kappa shape index (κ3) is 3.08. The van der Waals surface area contributed by atoms with Crippen LogP contribution in [0.25, 0.3) is 0 Å². The highest BCUT2D eigenvalue weighted by Gasteiger charge is 2.07.